The van der Waals surface area contributed by atoms with Crippen LogP contribution in [-0.4, -0.2) is 56.6 Å². The molecule has 0 spiro atoms. The number of hydrogen-bond acceptors (Lipinski definition) is 6. The van der Waals surface area contributed by atoms with Gasteiger partial charge in [-0.15, -0.1) is 0 Å². The van der Waals surface area contributed by atoms with Gasteiger partial charge in [0.25, 0.3) is 5.91 Å². The molecule has 2 fully saturated rings. The van der Waals surface area contributed by atoms with Gasteiger partial charge >= 0.3 is 5.97 Å². The van der Waals surface area contributed by atoms with Gasteiger partial charge in [-0.1, -0.05) is 18.5 Å². The molecular weight excluding hydrogens is 420 g/mol. The molecule has 2 heterocycles. The number of likely N-dealkylation sites (tertiary alicyclic amines) is 1. The lowest BCUT2D eigenvalue weighted by Crippen LogP contribution is -2.41. The maximum absolute atomic E-state index is 13.0. The Morgan fingerprint density at radius 1 is 1.24 bits per heavy atom. The third kappa shape index (κ3) is 4.25. The molecule has 158 valence electrons. The van der Waals surface area contributed by atoms with Crippen molar-refractivity contribution in [2.45, 2.75) is 26.7 Å². The molecule has 3 rings (SSSR count). The summed E-state index contributed by atoms with van der Waals surface area (Å²) in [6.07, 6.45) is 0.969. The molecule has 10 heteroatoms. The van der Waals surface area contributed by atoms with Gasteiger partial charge in [0.1, 0.15) is 0 Å². The van der Waals surface area contributed by atoms with E-state index in [-0.39, 0.29) is 39.8 Å². The van der Waals surface area contributed by atoms with Crippen LogP contribution in [0.5, 0.6) is 0 Å². The molecule has 0 saturated carbocycles. The zero-order valence-corrected chi connectivity index (χ0v) is 17.8. The second-order valence-corrected chi connectivity index (χ2v) is 9.53. The number of ether oxygens (including phenoxy) is 1. The molecule has 29 heavy (non-hydrogen) atoms. The summed E-state index contributed by atoms with van der Waals surface area (Å²) in [6.45, 7) is 4.34. The molecule has 0 N–H and O–H groups in total. The fraction of sp³-hybridized carbons (Fsp3) is 0.526. The molecular formula is C19H23ClN2O6S. The Bertz CT molecular complexity index is 940. The third-order valence-electron chi connectivity index (χ3n) is 5.18. The van der Waals surface area contributed by atoms with E-state index in [4.69, 9.17) is 16.3 Å². The number of carbonyl (C=O) groups is 3. The predicted octanol–water partition coefficient (Wildman–Crippen LogP) is 2.07. The van der Waals surface area contributed by atoms with Crippen molar-refractivity contribution < 1.29 is 27.5 Å². The number of piperidine rings is 1. The number of halogens is 1. The summed E-state index contributed by atoms with van der Waals surface area (Å²) in [5.74, 6) is -2.30. The molecule has 1 aromatic carbocycles. The van der Waals surface area contributed by atoms with E-state index in [1.807, 2.05) is 0 Å². The highest BCUT2D eigenvalue weighted by atomic mass is 35.5. The van der Waals surface area contributed by atoms with Gasteiger partial charge in [0.2, 0.25) is 15.9 Å². The van der Waals surface area contributed by atoms with Gasteiger partial charge in [-0.05, 0) is 38.0 Å². The molecule has 1 unspecified atom stereocenters. The minimum absolute atomic E-state index is 0.105. The van der Waals surface area contributed by atoms with Crippen LogP contribution >= 0.6 is 11.6 Å². The number of anilines is 1. The van der Waals surface area contributed by atoms with Crippen molar-refractivity contribution >= 4 is 45.1 Å². The SMILES string of the molecule is CCOC(=O)C1CCN(C(=O)c2cc(N3C(=O)C(C)CS3(=O)=O)ccc2Cl)CC1. The van der Waals surface area contributed by atoms with Gasteiger partial charge in [-0.3, -0.25) is 14.4 Å². The van der Waals surface area contributed by atoms with E-state index >= 15 is 0 Å². The zero-order chi connectivity index (χ0) is 21.3. The Morgan fingerprint density at radius 3 is 2.45 bits per heavy atom. The highest BCUT2D eigenvalue weighted by molar-refractivity contribution is 7.94. The lowest BCUT2D eigenvalue weighted by atomic mass is 9.96. The number of sulfonamides is 1. The minimum Gasteiger partial charge on any atom is -0.466 e. The summed E-state index contributed by atoms with van der Waals surface area (Å²) in [7, 11) is -3.78. The van der Waals surface area contributed by atoms with Crippen LogP contribution in [0.2, 0.25) is 5.02 Å². The number of carbonyl (C=O) groups excluding carboxylic acids is 3. The largest absolute Gasteiger partial charge is 0.466 e. The van der Waals surface area contributed by atoms with E-state index in [1.165, 1.54) is 18.2 Å². The first-order valence-corrected chi connectivity index (χ1v) is 11.5. The first-order valence-electron chi connectivity index (χ1n) is 9.48. The van der Waals surface area contributed by atoms with Crippen molar-refractivity contribution in [3.8, 4) is 0 Å². The molecule has 0 aliphatic carbocycles. The Hall–Kier alpha value is -2.13. The van der Waals surface area contributed by atoms with Crippen molar-refractivity contribution in [1.29, 1.82) is 0 Å². The molecule has 1 atom stereocenters. The van der Waals surface area contributed by atoms with Crippen LogP contribution in [0, 0.1) is 11.8 Å². The van der Waals surface area contributed by atoms with Crippen molar-refractivity contribution in [2.24, 2.45) is 11.8 Å². The van der Waals surface area contributed by atoms with E-state index in [9.17, 15) is 22.8 Å². The summed E-state index contributed by atoms with van der Waals surface area (Å²) in [4.78, 5) is 38.7. The number of rotatable bonds is 4. The first-order chi connectivity index (χ1) is 13.7. The number of esters is 1. The van der Waals surface area contributed by atoms with Crippen LogP contribution in [0.15, 0.2) is 18.2 Å². The number of amides is 2. The quantitative estimate of drug-likeness (QED) is 0.661. The summed E-state index contributed by atoms with van der Waals surface area (Å²) >= 11 is 6.20. The summed E-state index contributed by atoms with van der Waals surface area (Å²) in [5, 5.41) is 0.170. The highest BCUT2D eigenvalue weighted by Gasteiger charge is 2.42. The zero-order valence-electron chi connectivity index (χ0n) is 16.3. The van der Waals surface area contributed by atoms with Crippen LogP contribution in [0.1, 0.15) is 37.0 Å². The molecule has 2 aliphatic heterocycles. The molecule has 0 bridgehead atoms. The summed E-state index contributed by atoms with van der Waals surface area (Å²) < 4.78 is 30.5. The average molecular weight is 443 g/mol. The monoisotopic (exact) mass is 442 g/mol. The first kappa shape index (κ1) is 21.6. The summed E-state index contributed by atoms with van der Waals surface area (Å²) in [5.41, 5.74) is 0.231. The second-order valence-electron chi connectivity index (χ2n) is 7.26. The van der Waals surface area contributed by atoms with Crippen molar-refractivity contribution in [3.05, 3.63) is 28.8 Å². The number of hydrogen-bond donors (Lipinski definition) is 0. The Kier molecular flexibility index (Phi) is 6.19. The normalized spacial score (nSPS) is 22.0. The fourth-order valence-electron chi connectivity index (χ4n) is 3.64. The Morgan fingerprint density at radius 2 is 1.90 bits per heavy atom. The van der Waals surface area contributed by atoms with Gasteiger partial charge < -0.3 is 9.64 Å². The molecule has 2 amide bonds. The Labute approximate surface area is 174 Å². The maximum atomic E-state index is 13.0. The molecule has 0 aromatic heterocycles. The van der Waals surface area contributed by atoms with Crippen molar-refractivity contribution in [1.82, 2.24) is 4.90 Å². The minimum atomic E-state index is -3.78. The van der Waals surface area contributed by atoms with E-state index in [0.717, 1.165) is 4.31 Å². The highest BCUT2D eigenvalue weighted by Crippen LogP contribution is 2.32. The molecule has 2 aliphatic rings. The van der Waals surface area contributed by atoms with Crippen LogP contribution in [0.4, 0.5) is 5.69 Å². The van der Waals surface area contributed by atoms with E-state index in [1.54, 1.807) is 18.7 Å². The fourth-order valence-corrected chi connectivity index (χ4v) is 5.65. The van der Waals surface area contributed by atoms with Gasteiger partial charge in [0, 0.05) is 13.1 Å². The van der Waals surface area contributed by atoms with E-state index < -0.39 is 21.8 Å². The van der Waals surface area contributed by atoms with Crippen molar-refractivity contribution in [3.63, 3.8) is 0 Å². The van der Waals surface area contributed by atoms with Gasteiger partial charge in [0.15, 0.2) is 0 Å². The van der Waals surface area contributed by atoms with Crippen LogP contribution in [0.25, 0.3) is 0 Å². The average Bonchev–Trinajstić information content (AvgIpc) is 2.89. The van der Waals surface area contributed by atoms with Gasteiger partial charge in [0.05, 0.1) is 40.5 Å². The van der Waals surface area contributed by atoms with Gasteiger partial charge in [-0.25, -0.2) is 12.7 Å². The lowest BCUT2D eigenvalue weighted by molar-refractivity contribution is -0.149. The number of benzene rings is 1. The van der Waals surface area contributed by atoms with E-state index in [0.29, 0.717) is 32.5 Å². The molecule has 0 radical (unpaired) electrons. The lowest BCUT2D eigenvalue weighted by Gasteiger charge is -2.31. The second kappa shape index (κ2) is 8.31. The van der Waals surface area contributed by atoms with Gasteiger partial charge in [-0.2, -0.15) is 0 Å². The maximum Gasteiger partial charge on any atom is 0.309 e. The molecule has 2 saturated heterocycles. The van der Waals surface area contributed by atoms with Crippen LogP contribution in [0.3, 0.4) is 0 Å². The Balaban J connectivity index is 1.80. The van der Waals surface area contributed by atoms with Crippen LogP contribution in [-0.2, 0) is 24.3 Å². The molecule has 1 aromatic rings. The van der Waals surface area contributed by atoms with E-state index in [2.05, 4.69) is 0 Å². The van der Waals surface area contributed by atoms with Crippen molar-refractivity contribution in [2.75, 3.05) is 29.8 Å². The molecule has 8 nitrogen and oxygen atoms in total. The smallest absolute Gasteiger partial charge is 0.309 e. The third-order valence-corrected chi connectivity index (χ3v) is 7.38. The summed E-state index contributed by atoms with van der Waals surface area (Å²) in [6, 6.07) is 4.18. The number of nitrogens with zero attached hydrogens (tertiary/aromatic N) is 2. The predicted molar refractivity (Wildman–Crippen MR) is 107 cm³/mol. The van der Waals surface area contributed by atoms with Crippen LogP contribution < -0.4 is 4.31 Å². The standard InChI is InChI=1S/C19H23ClN2O6S/c1-3-28-19(25)13-6-8-21(9-7-13)18(24)15-10-14(4-5-16(15)20)22-17(23)12(2)11-29(22,26)27/h4-5,10,12-13H,3,6-9,11H2,1-2H3. The topological polar surface area (TPSA) is 101 Å².